The van der Waals surface area contributed by atoms with Gasteiger partial charge >= 0.3 is 0 Å². The molecule has 2 aliphatic heterocycles. The fourth-order valence-corrected chi connectivity index (χ4v) is 4.92. The molecule has 0 spiro atoms. The smallest absolute Gasteiger partial charge is 0.246 e. The van der Waals surface area contributed by atoms with E-state index in [4.69, 9.17) is 4.74 Å². The molecule has 2 bridgehead atoms. The topological polar surface area (TPSA) is 83.5 Å². The van der Waals surface area contributed by atoms with Crippen molar-refractivity contribution in [2.45, 2.75) is 31.3 Å². The molecule has 8 nitrogen and oxygen atoms in total. The SMILES string of the molecule is C=CC(=O)N1C[C@@H]2C[C@H]1CN2c1nc2c(Nc3ccc(OCC4CC4)c(F)c3F)ncnc2cc1F. The number of amides is 1. The Kier molecular flexibility index (Phi) is 5.42. The minimum Gasteiger partial charge on any atom is -0.490 e. The number of nitrogens with one attached hydrogen (secondary N) is 1. The Balaban J connectivity index is 1.29. The Bertz CT molecular complexity index is 1380. The van der Waals surface area contributed by atoms with Gasteiger partial charge in [-0.05, 0) is 43.4 Å². The number of likely N-dealkylation sites (tertiary alicyclic amines) is 1. The summed E-state index contributed by atoms with van der Waals surface area (Å²) in [4.78, 5) is 28.3. The van der Waals surface area contributed by atoms with Crippen molar-refractivity contribution in [3.63, 3.8) is 0 Å². The molecule has 186 valence electrons. The largest absolute Gasteiger partial charge is 0.490 e. The molecule has 3 fully saturated rings. The van der Waals surface area contributed by atoms with Crippen LogP contribution in [0.3, 0.4) is 0 Å². The molecule has 36 heavy (non-hydrogen) atoms. The maximum atomic E-state index is 15.1. The van der Waals surface area contributed by atoms with Crippen molar-refractivity contribution in [3.8, 4) is 5.75 Å². The van der Waals surface area contributed by atoms with Crippen LogP contribution in [0.1, 0.15) is 19.3 Å². The summed E-state index contributed by atoms with van der Waals surface area (Å²) in [6, 6.07) is 3.83. The first-order chi connectivity index (χ1) is 17.4. The summed E-state index contributed by atoms with van der Waals surface area (Å²) >= 11 is 0. The average Bonchev–Trinajstić information content (AvgIpc) is 3.49. The normalized spacial score (nSPS) is 20.8. The Hall–Kier alpha value is -3.89. The van der Waals surface area contributed by atoms with Crippen LogP contribution >= 0.6 is 0 Å². The van der Waals surface area contributed by atoms with E-state index < -0.39 is 17.5 Å². The summed E-state index contributed by atoms with van der Waals surface area (Å²) in [6.07, 6.45) is 5.25. The Morgan fingerprint density at radius 1 is 1.17 bits per heavy atom. The lowest BCUT2D eigenvalue weighted by Crippen LogP contribution is -2.48. The number of aromatic nitrogens is 3. The van der Waals surface area contributed by atoms with Crippen molar-refractivity contribution in [1.82, 2.24) is 19.9 Å². The number of hydrogen-bond donors (Lipinski definition) is 1. The number of piperazine rings is 1. The van der Waals surface area contributed by atoms with Gasteiger partial charge in [-0.2, -0.15) is 4.39 Å². The summed E-state index contributed by atoms with van der Waals surface area (Å²) < 4.78 is 49.9. The molecule has 2 atom stereocenters. The van der Waals surface area contributed by atoms with Crippen LogP contribution in [0.25, 0.3) is 11.0 Å². The highest BCUT2D eigenvalue weighted by molar-refractivity contribution is 5.89. The van der Waals surface area contributed by atoms with Crippen molar-refractivity contribution in [3.05, 3.63) is 54.6 Å². The van der Waals surface area contributed by atoms with Gasteiger partial charge in [0.15, 0.2) is 29.0 Å². The highest BCUT2D eigenvalue weighted by Crippen LogP contribution is 2.37. The van der Waals surface area contributed by atoms with E-state index in [2.05, 4.69) is 26.8 Å². The van der Waals surface area contributed by atoms with Gasteiger partial charge in [-0.1, -0.05) is 6.58 Å². The highest BCUT2D eigenvalue weighted by Gasteiger charge is 2.46. The van der Waals surface area contributed by atoms with E-state index in [0.29, 0.717) is 32.0 Å². The molecular weight excluding hydrogens is 473 g/mol. The molecule has 3 aliphatic rings. The number of benzene rings is 1. The number of ether oxygens (including phenoxy) is 1. The molecule has 1 amide bonds. The number of carbonyl (C=O) groups excluding carboxylic acids is 1. The van der Waals surface area contributed by atoms with Crippen LogP contribution in [0.5, 0.6) is 5.75 Å². The van der Waals surface area contributed by atoms with Crippen LogP contribution in [0.4, 0.5) is 30.5 Å². The molecule has 0 unspecified atom stereocenters. The van der Waals surface area contributed by atoms with Gasteiger partial charge in [-0.25, -0.2) is 23.7 Å². The molecule has 6 rings (SSSR count). The highest BCUT2D eigenvalue weighted by atomic mass is 19.2. The van der Waals surface area contributed by atoms with E-state index in [-0.39, 0.29) is 52.1 Å². The van der Waals surface area contributed by atoms with Gasteiger partial charge in [-0.3, -0.25) is 4.79 Å². The molecule has 0 radical (unpaired) electrons. The van der Waals surface area contributed by atoms with Crippen molar-refractivity contribution in [2.75, 3.05) is 29.9 Å². The predicted molar refractivity (Wildman–Crippen MR) is 127 cm³/mol. The Labute approximate surface area is 204 Å². The quantitative estimate of drug-likeness (QED) is 0.496. The number of rotatable bonds is 7. The van der Waals surface area contributed by atoms with E-state index in [0.717, 1.165) is 12.8 Å². The maximum Gasteiger partial charge on any atom is 0.246 e. The van der Waals surface area contributed by atoms with Crippen LogP contribution in [0, 0.1) is 23.4 Å². The van der Waals surface area contributed by atoms with E-state index in [1.165, 1.54) is 30.6 Å². The van der Waals surface area contributed by atoms with Gasteiger partial charge < -0.3 is 19.9 Å². The molecule has 3 aromatic rings. The number of carbonyl (C=O) groups is 1. The summed E-state index contributed by atoms with van der Waals surface area (Å²) in [6.45, 7) is 4.77. The lowest BCUT2D eigenvalue weighted by Gasteiger charge is -2.34. The molecule has 4 heterocycles. The first-order valence-corrected chi connectivity index (χ1v) is 11.8. The molecule has 1 aromatic carbocycles. The summed E-state index contributed by atoms with van der Waals surface area (Å²) in [5.41, 5.74) is 0.272. The molecular formula is C25H23F3N6O2. The minimum absolute atomic E-state index is 0.0558. The van der Waals surface area contributed by atoms with Crippen LogP contribution in [0.2, 0.25) is 0 Å². The zero-order valence-electron chi connectivity index (χ0n) is 19.3. The fourth-order valence-electron chi connectivity index (χ4n) is 4.92. The van der Waals surface area contributed by atoms with Gasteiger partial charge in [0.25, 0.3) is 0 Å². The number of fused-ring (bicyclic) bond motifs is 3. The third-order valence-corrected chi connectivity index (χ3v) is 6.99. The summed E-state index contributed by atoms with van der Waals surface area (Å²) in [5.74, 6) is -2.44. The van der Waals surface area contributed by atoms with Gasteiger partial charge in [-0.15, -0.1) is 0 Å². The standard InChI is InChI=1S/C25H23F3N6O2/c1-2-20(35)33-9-15-7-14(33)10-34(15)25-16(26)8-18-23(32-25)24(30-12-29-18)31-17-5-6-19(22(28)21(17)27)36-11-13-3-4-13/h2,5-6,8,12-15H,1,3-4,7,9-11H2,(H,29,30,31)/t14-,15-/m0/s1. The molecule has 2 saturated heterocycles. The molecule has 11 heteroatoms. The third-order valence-electron chi connectivity index (χ3n) is 6.99. The van der Waals surface area contributed by atoms with Crippen LogP contribution in [-0.2, 0) is 4.79 Å². The Morgan fingerprint density at radius 3 is 2.72 bits per heavy atom. The van der Waals surface area contributed by atoms with Crippen molar-refractivity contribution in [2.24, 2.45) is 5.92 Å². The second-order valence-corrected chi connectivity index (χ2v) is 9.39. The van der Waals surface area contributed by atoms with Crippen LogP contribution < -0.4 is 15.0 Å². The number of halogens is 3. The fraction of sp³-hybridized carbons (Fsp3) is 0.360. The Morgan fingerprint density at radius 2 is 2.00 bits per heavy atom. The van der Waals surface area contributed by atoms with Crippen LogP contribution in [0.15, 0.2) is 37.2 Å². The summed E-state index contributed by atoms with van der Waals surface area (Å²) in [7, 11) is 0. The number of anilines is 3. The zero-order valence-corrected chi connectivity index (χ0v) is 19.3. The number of nitrogens with zero attached hydrogens (tertiary/aromatic N) is 5. The number of pyridine rings is 1. The van der Waals surface area contributed by atoms with Crippen molar-refractivity contribution < 1.29 is 22.7 Å². The van der Waals surface area contributed by atoms with Crippen LogP contribution in [-0.4, -0.2) is 57.5 Å². The zero-order chi connectivity index (χ0) is 25.0. The van der Waals surface area contributed by atoms with Gasteiger partial charge in [0.05, 0.1) is 29.9 Å². The third kappa shape index (κ3) is 3.88. The van der Waals surface area contributed by atoms with E-state index in [1.807, 2.05) is 4.90 Å². The van der Waals surface area contributed by atoms with Gasteiger partial charge in [0.2, 0.25) is 11.7 Å². The maximum absolute atomic E-state index is 15.1. The van der Waals surface area contributed by atoms with E-state index in [1.54, 1.807) is 4.90 Å². The average molecular weight is 496 g/mol. The second kappa shape index (κ2) is 8.65. The lowest BCUT2D eigenvalue weighted by atomic mass is 10.2. The second-order valence-electron chi connectivity index (χ2n) is 9.39. The molecule has 1 aliphatic carbocycles. The van der Waals surface area contributed by atoms with E-state index in [9.17, 15) is 13.6 Å². The minimum atomic E-state index is -1.11. The predicted octanol–water partition coefficient (Wildman–Crippen LogP) is 3.95. The van der Waals surface area contributed by atoms with Gasteiger partial charge in [0.1, 0.15) is 11.8 Å². The van der Waals surface area contributed by atoms with Crippen molar-refractivity contribution in [1.29, 1.82) is 0 Å². The summed E-state index contributed by atoms with van der Waals surface area (Å²) in [5, 5.41) is 2.77. The van der Waals surface area contributed by atoms with Gasteiger partial charge in [0, 0.05) is 19.2 Å². The molecule has 1 saturated carbocycles. The number of hydrogen-bond acceptors (Lipinski definition) is 7. The monoisotopic (exact) mass is 496 g/mol. The first kappa shape index (κ1) is 22.6. The van der Waals surface area contributed by atoms with E-state index >= 15 is 4.39 Å². The first-order valence-electron chi connectivity index (χ1n) is 11.8. The van der Waals surface area contributed by atoms with Crippen molar-refractivity contribution >= 4 is 34.3 Å². The lowest BCUT2D eigenvalue weighted by molar-refractivity contribution is -0.127. The molecule has 1 N–H and O–H groups in total. The molecule has 2 aromatic heterocycles.